The van der Waals surface area contributed by atoms with Crippen LogP contribution in [-0.4, -0.2) is 31.6 Å². The lowest BCUT2D eigenvalue weighted by molar-refractivity contribution is -0.133. The molecule has 0 spiro atoms. The predicted molar refractivity (Wildman–Crippen MR) is 81.6 cm³/mol. The monoisotopic (exact) mass is 355 g/mol. The van der Waals surface area contributed by atoms with E-state index in [-0.39, 0.29) is 5.75 Å². The van der Waals surface area contributed by atoms with Gasteiger partial charge >= 0.3 is 5.97 Å². The molecule has 106 valence electrons. The molecule has 0 amide bonds. The normalized spacial score (nSPS) is 10.8. The number of aryl methyl sites for hydroxylation is 3. The number of aromatic nitrogens is 3. The first kappa shape index (κ1) is 15.1. The number of thioether (sulfide) groups is 1. The Kier molecular flexibility index (Phi) is 4.49. The van der Waals surface area contributed by atoms with Crippen LogP contribution in [0.2, 0.25) is 0 Å². The lowest BCUT2D eigenvalue weighted by Gasteiger charge is -2.14. The van der Waals surface area contributed by atoms with Gasteiger partial charge in [0.05, 0.1) is 11.4 Å². The van der Waals surface area contributed by atoms with E-state index in [4.69, 9.17) is 5.11 Å². The van der Waals surface area contributed by atoms with Crippen LogP contribution in [0, 0.1) is 20.8 Å². The van der Waals surface area contributed by atoms with Gasteiger partial charge in [-0.3, -0.25) is 9.36 Å². The molecule has 1 N–H and O–H groups in total. The lowest BCUT2D eigenvalue weighted by atomic mass is 10.1. The molecule has 20 heavy (non-hydrogen) atoms. The highest BCUT2D eigenvalue weighted by Crippen LogP contribution is 2.30. The van der Waals surface area contributed by atoms with Gasteiger partial charge in [-0.05, 0) is 53.9 Å². The summed E-state index contributed by atoms with van der Waals surface area (Å²) in [5.41, 5.74) is 3.19. The topological polar surface area (TPSA) is 68.0 Å². The van der Waals surface area contributed by atoms with Gasteiger partial charge in [-0.2, -0.15) is 0 Å². The van der Waals surface area contributed by atoms with Crippen LogP contribution < -0.4 is 0 Å². The summed E-state index contributed by atoms with van der Waals surface area (Å²) < 4.78 is 2.82. The van der Waals surface area contributed by atoms with Gasteiger partial charge in [-0.25, -0.2) is 0 Å². The molecule has 0 aliphatic heterocycles. The van der Waals surface area contributed by atoms with Crippen molar-refractivity contribution in [2.45, 2.75) is 25.9 Å². The maximum absolute atomic E-state index is 10.7. The first-order chi connectivity index (χ1) is 9.40. The van der Waals surface area contributed by atoms with Crippen molar-refractivity contribution in [2.24, 2.45) is 0 Å². The Hall–Kier alpha value is -1.34. The Balaban J connectivity index is 2.52. The molecule has 1 aromatic carbocycles. The molecule has 1 aromatic heterocycles. The zero-order valence-corrected chi connectivity index (χ0v) is 13.7. The van der Waals surface area contributed by atoms with E-state index in [1.165, 1.54) is 0 Å². The second-order valence-electron chi connectivity index (χ2n) is 4.46. The van der Waals surface area contributed by atoms with E-state index in [2.05, 4.69) is 32.2 Å². The highest BCUT2D eigenvalue weighted by molar-refractivity contribution is 9.10. The number of hydrogen-bond acceptors (Lipinski definition) is 4. The van der Waals surface area contributed by atoms with Crippen molar-refractivity contribution >= 4 is 33.7 Å². The number of carbonyl (C=O) groups is 1. The smallest absolute Gasteiger partial charge is 0.313 e. The molecular weight excluding hydrogens is 342 g/mol. The largest absolute Gasteiger partial charge is 0.481 e. The Morgan fingerprint density at radius 3 is 2.65 bits per heavy atom. The first-order valence-electron chi connectivity index (χ1n) is 5.94. The quantitative estimate of drug-likeness (QED) is 0.853. The number of nitrogens with zero attached hydrogens (tertiary/aromatic N) is 3. The molecule has 2 aromatic rings. The van der Waals surface area contributed by atoms with Gasteiger partial charge in [0.2, 0.25) is 0 Å². The first-order valence-corrected chi connectivity index (χ1v) is 7.71. The average Bonchev–Trinajstić information content (AvgIpc) is 2.67. The molecule has 0 aliphatic carbocycles. The Labute approximate surface area is 129 Å². The van der Waals surface area contributed by atoms with Crippen LogP contribution >= 0.6 is 27.7 Å². The van der Waals surface area contributed by atoms with Gasteiger partial charge in [-0.1, -0.05) is 17.8 Å². The molecule has 7 heteroatoms. The van der Waals surface area contributed by atoms with Crippen molar-refractivity contribution < 1.29 is 9.90 Å². The summed E-state index contributed by atoms with van der Waals surface area (Å²) in [6, 6.07) is 4.10. The van der Waals surface area contributed by atoms with Crippen LogP contribution in [0.25, 0.3) is 5.69 Å². The summed E-state index contributed by atoms with van der Waals surface area (Å²) in [6.07, 6.45) is 0. The van der Waals surface area contributed by atoms with Crippen molar-refractivity contribution in [1.82, 2.24) is 14.8 Å². The predicted octanol–water partition coefficient (Wildman–Crippen LogP) is 3.13. The lowest BCUT2D eigenvalue weighted by Crippen LogP contribution is -2.05. The molecule has 1 heterocycles. The molecule has 0 unspecified atom stereocenters. The number of hydrogen-bond donors (Lipinski definition) is 1. The molecular formula is C13H14BrN3O2S. The van der Waals surface area contributed by atoms with E-state index < -0.39 is 5.97 Å². The molecule has 0 fully saturated rings. The van der Waals surface area contributed by atoms with Gasteiger partial charge in [0.25, 0.3) is 0 Å². The number of benzene rings is 1. The average molecular weight is 356 g/mol. The third-order valence-corrected chi connectivity index (χ3v) is 4.26. The van der Waals surface area contributed by atoms with E-state index in [0.717, 1.165) is 38.9 Å². The highest BCUT2D eigenvalue weighted by atomic mass is 79.9. The highest BCUT2D eigenvalue weighted by Gasteiger charge is 2.17. The van der Waals surface area contributed by atoms with Crippen molar-refractivity contribution in [3.05, 3.63) is 33.6 Å². The number of carboxylic acids is 1. The van der Waals surface area contributed by atoms with E-state index >= 15 is 0 Å². The number of rotatable bonds is 4. The second kappa shape index (κ2) is 5.97. The Morgan fingerprint density at radius 2 is 2.05 bits per heavy atom. The summed E-state index contributed by atoms with van der Waals surface area (Å²) in [5.74, 6) is -0.187. The molecule has 0 bridgehead atoms. The number of aliphatic carboxylic acids is 1. The van der Waals surface area contributed by atoms with Crippen LogP contribution in [0.15, 0.2) is 21.8 Å². The summed E-state index contributed by atoms with van der Waals surface area (Å²) in [4.78, 5) is 10.7. The fourth-order valence-electron chi connectivity index (χ4n) is 2.01. The summed E-state index contributed by atoms with van der Waals surface area (Å²) in [6.45, 7) is 5.89. The Morgan fingerprint density at radius 1 is 1.35 bits per heavy atom. The summed E-state index contributed by atoms with van der Waals surface area (Å²) >= 11 is 4.73. The summed E-state index contributed by atoms with van der Waals surface area (Å²) in [7, 11) is 0. The molecule has 2 rings (SSSR count). The minimum absolute atomic E-state index is 0.0410. The van der Waals surface area contributed by atoms with E-state index in [1.54, 1.807) is 0 Å². The van der Waals surface area contributed by atoms with Crippen molar-refractivity contribution in [1.29, 1.82) is 0 Å². The minimum Gasteiger partial charge on any atom is -0.481 e. The maximum Gasteiger partial charge on any atom is 0.313 e. The molecule has 0 atom stereocenters. The van der Waals surface area contributed by atoms with Gasteiger partial charge in [0.1, 0.15) is 5.82 Å². The van der Waals surface area contributed by atoms with Crippen LogP contribution in [0.1, 0.15) is 17.0 Å². The van der Waals surface area contributed by atoms with E-state index in [9.17, 15) is 4.79 Å². The minimum atomic E-state index is -0.873. The number of halogens is 1. The van der Waals surface area contributed by atoms with Crippen LogP contribution in [0.5, 0.6) is 0 Å². The molecule has 0 radical (unpaired) electrons. The zero-order chi connectivity index (χ0) is 14.9. The maximum atomic E-state index is 10.7. The van der Waals surface area contributed by atoms with E-state index in [0.29, 0.717) is 5.16 Å². The zero-order valence-electron chi connectivity index (χ0n) is 11.3. The van der Waals surface area contributed by atoms with Crippen molar-refractivity contribution in [2.75, 3.05) is 5.75 Å². The molecule has 0 saturated carbocycles. The van der Waals surface area contributed by atoms with Gasteiger partial charge in [0.15, 0.2) is 5.16 Å². The van der Waals surface area contributed by atoms with E-state index in [1.807, 2.05) is 31.4 Å². The summed E-state index contributed by atoms with van der Waals surface area (Å²) in [5, 5.41) is 17.5. The van der Waals surface area contributed by atoms with Crippen molar-refractivity contribution in [3.63, 3.8) is 0 Å². The fourth-order valence-corrected chi connectivity index (χ4v) is 3.57. The Bertz CT molecular complexity index is 647. The third kappa shape index (κ3) is 3.04. The fraction of sp³-hybridized carbons (Fsp3) is 0.308. The second-order valence-corrected chi connectivity index (χ2v) is 6.26. The van der Waals surface area contributed by atoms with Crippen molar-refractivity contribution in [3.8, 4) is 5.69 Å². The third-order valence-electron chi connectivity index (χ3n) is 2.74. The van der Waals surface area contributed by atoms with Crippen LogP contribution in [0.3, 0.4) is 0 Å². The van der Waals surface area contributed by atoms with Gasteiger partial charge in [-0.15, -0.1) is 10.2 Å². The number of carboxylic acid groups (broad SMARTS) is 1. The van der Waals surface area contributed by atoms with Gasteiger partial charge in [0, 0.05) is 4.47 Å². The van der Waals surface area contributed by atoms with Crippen LogP contribution in [0.4, 0.5) is 0 Å². The van der Waals surface area contributed by atoms with Gasteiger partial charge < -0.3 is 5.11 Å². The molecule has 0 saturated heterocycles. The SMILES string of the molecule is Cc1cc(C)c(-n2c(C)nnc2SCC(=O)O)c(Br)c1. The van der Waals surface area contributed by atoms with Crippen LogP contribution in [-0.2, 0) is 4.79 Å². The molecule has 0 aliphatic rings. The standard InChI is InChI=1S/C13H14BrN3O2S/c1-7-4-8(2)12(10(14)5-7)17-9(3)15-16-13(17)20-6-11(18)19/h4-5H,6H2,1-3H3,(H,18,19). The molecule has 5 nitrogen and oxygen atoms in total.